The van der Waals surface area contributed by atoms with Crippen molar-refractivity contribution in [2.45, 2.75) is 13.1 Å². The highest BCUT2D eigenvalue weighted by molar-refractivity contribution is 6.31. The summed E-state index contributed by atoms with van der Waals surface area (Å²) in [5.41, 5.74) is 8.05. The molecule has 0 saturated carbocycles. The molecule has 3 nitrogen and oxygen atoms in total. The zero-order valence-corrected chi connectivity index (χ0v) is 14.0. The Morgan fingerprint density at radius 3 is 2.38 bits per heavy atom. The lowest BCUT2D eigenvalue weighted by Gasteiger charge is -2.22. The van der Waals surface area contributed by atoms with Crippen LogP contribution >= 0.6 is 36.4 Å². The van der Waals surface area contributed by atoms with Crippen molar-refractivity contribution in [1.82, 2.24) is 9.88 Å². The minimum atomic E-state index is 0. The van der Waals surface area contributed by atoms with Gasteiger partial charge in [0.1, 0.15) is 0 Å². The minimum Gasteiger partial charge on any atom is -0.329 e. The summed E-state index contributed by atoms with van der Waals surface area (Å²) in [6, 6.07) is 12.3. The molecule has 6 heteroatoms. The van der Waals surface area contributed by atoms with Crippen molar-refractivity contribution < 1.29 is 0 Å². The molecule has 0 saturated heterocycles. The summed E-state index contributed by atoms with van der Waals surface area (Å²) in [5, 5.41) is 0.706. The molecule has 1 aromatic heterocycles. The summed E-state index contributed by atoms with van der Waals surface area (Å²) < 4.78 is 0. The lowest BCUT2D eigenvalue weighted by atomic mass is 10.2. The first kappa shape index (κ1) is 20.2. The average Bonchev–Trinajstić information content (AvgIpc) is 2.43. The third kappa shape index (κ3) is 6.64. The molecule has 0 fully saturated rings. The van der Waals surface area contributed by atoms with Crippen LogP contribution in [0.4, 0.5) is 0 Å². The first-order valence-corrected chi connectivity index (χ1v) is 6.72. The fraction of sp³-hybridized carbons (Fsp3) is 0.267. The maximum absolute atomic E-state index is 6.15. The van der Waals surface area contributed by atoms with Crippen molar-refractivity contribution in [2.75, 3.05) is 13.1 Å². The molecule has 0 atom stereocenters. The van der Waals surface area contributed by atoms with Gasteiger partial charge in [-0.1, -0.05) is 41.9 Å². The largest absolute Gasteiger partial charge is 0.329 e. The Labute approximate surface area is 143 Å². The molecular formula is C15H20Cl3N3. The van der Waals surface area contributed by atoms with Gasteiger partial charge in [-0.3, -0.25) is 9.88 Å². The summed E-state index contributed by atoms with van der Waals surface area (Å²) in [4.78, 5) is 6.30. The molecule has 0 aliphatic carbocycles. The Hall–Kier alpha value is -0.840. The number of aromatic nitrogens is 1. The van der Waals surface area contributed by atoms with Crippen LogP contribution in [0.2, 0.25) is 5.02 Å². The predicted octanol–water partition coefficient (Wildman–Crippen LogP) is 3.54. The normalized spacial score (nSPS) is 9.86. The van der Waals surface area contributed by atoms with Gasteiger partial charge in [-0.15, -0.1) is 24.8 Å². The highest BCUT2D eigenvalue weighted by Crippen LogP contribution is 2.16. The summed E-state index contributed by atoms with van der Waals surface area (Å²) in [5.74, 6) is 0. The molecule has 1 aromatic carbocycles. The molecule has 116 valence electrons. The van der Waals surface area contributed by atoms with Crippen LogP contribution in [-0.4, -0.2) is 23.0 Å². The van der Waals surface area contributed by atoms with E-state index in [1.807, 2.05) is 12.1 Å². The van der Waals surface area contributed by atoms with E-state index in [9.17, 15) is 0 Å². The van der Waals surface area contributed by atoms with Crippen molar-refractivity contribution in [1.29, 1.82) is 0 Å². The van der Waals surface area contributed by atoms with Crippen molar-refractivity contribution in [3.8, 4) is 0 Å². The number of nitrogens with two attached hydrogens (primary N) is 1. The van der Waals surface area contributed by atoms with Crippen LogP contribution in [0.15, 0.2) is 48.8 Å². The second kappa shape index (κ2) is 10.8. The molecule has 2 aromatic rings. The fourth-order valence-electron chi connectivity index (χ4n) is 2.01. The molecule has 0 unspecified atom stereocenters. The highest BCUT2D eigenvalue weighted by atomic mass is 35.5. The van der Waals surface area contributed by atoms with Gasteiger partial charge in [0.15, 0.2) is 0 Å². The molecule has 0 radical (unpaired) electrons. The van der Waals surface area contributed by atoms with Gasteiger partial charge in [-0.2, -0.15) is 0 Å². The van der Waals surface area contributed by atoms with E-state index in [1.54, 1.807) is 12.4 Å². The zero-order valence-electron chi connectivity index (χ0n) is 11.6. The Kier molecular flexibility index (Phi) is 10.4. The van der Waals surface area contributed by atoms with E-state index < -0.39 is 0 Å². The van der Waals surface area contributed by atoms with Crippen molar-refractivity contribution >= 4 is 36.4 Å². The summed E-state index contributed by atoms with van der Waals surface area (Å²) in [6.07, 6.45) is 3.45. The number of hydrogen-bond acceptors (Lipinski definition) is 3. The number of halogens is 3. The van der Waals surface area contributed by atoms with E-state index in [0.29, 0.717) is 11.6 Å². The Morgan fingerprint density at radius 2 is 1.76 bits per heavy atom. The monoisotopic (exact) mass is 347 g/mol. The van der Waals surface area contributed by atoms with Gasteiger partial charge < -0.3 is 5.73 Å². The minimum absolute atomic E-state index is 0. The molecule has 0 bridgehead atoms. The third-order valence-corrected chi connectivity index (χ3v) is 3.29. The standard InChI is InChI=1S/C15H18ClN3.2ClH/c16-15-10-18-8-6-14(15)12-19(9-7-17)11-13-4-2-1-3-5-13;;/h1-6,8,10H,7,9,11-12,17H2;2*1H. The van der Waals surface area contributed by atoms with Crippen molar-refractivity contribution in [3.05, 3.63) is 64.9 Å². The smallest absolute Gasteiger partial charge is 0.0634 e. The Bertz CT molecular complexity index is 509. The maximum atomic E-state index is 6.15. The Balaban J connectivity index is 0.00000200. The van der Waals surface area contributed by atoms with E-state index in [-0.39, 0.29) is 24.8 Å². The Morgan fingerprint density at radius 1 is 1.05 bits per heavy atom. The van der Waals surface area contributed by atoms with Crippen LogP contribution in [0.3, 0.4) is 0 Å². The van der Waals surface area contributed by atoms with Crippen molar-refractivity contribution in [3.63, 3.8) is 0 Å². The average molecular weight is 349 g/mol. The number of pyridine rings is 1. The van der Waals surface area contributed by atoms with Crippen LogP contribution in [0.25, 0.3) is 0 Å². The van der Waals surface area contributed by atoms with Gasteiger partial charge in [-0.25, -0.2) is 0 Å². The molecule has 2 N–H and O–H groups in total. The van der Waals surface area contributed by atoms with E-state index in [0.717, 1.165) is 25.2 Å². The molecule has 2 rings (SSSR count). The van der Waals surface area contributed by atoms with Crippen LogP contribution < -0.4 is 5.73 Å². The molecule has 0 spiro atoms. The first-order chi connectivity index (χ1) is 9.29. The number of hydrogen-bond donors (Lipinski definition) is 1. The van der Waals surface area contributed by atoms with Crippen LogP contribution in [0.1, 0.15) is 11.1 Å². The lowest BCUT2D eigenvalue weighted by Crippen LogP contribution is -2.28. The van der Waals surface area contributed by atoms with Crippen LogP contribution in [0, 0.1) is 0 Å². The maximum Gasteiger partial charge on any atom is 0.0634 e. The topological polar surface area (TPSA) is 42.1 Å². The van der Waals surface area contributed by atoms with Crippen molar-refractivity contribution in [2.24, 2.45) is 5.73 Å². The number of benzene rings is 1. The lowest BCUT2D eigenvalue weighted by molar-refractivity contribution is 0.264. The second-order valence-corrected chi connectivity index (χ2v) is 4.86. The SMILES string of the molecule is Cl.Cl.NCCN(Cc1ccccc1)Cc1ccncc1Cl. The van der Waals surface area contributed by atoms with Gasteiger partial charge >= 0.3 is 0 Å². The second-order valence-electron chi connectivity index (χ2n) is 4.45. The van der Waals surface area contributed by atoms with E-state index in [2.05, 4.69) is 34.1 Å². The zero-order chi connectivity index (χ0) is 13.5. The van der Waals surface area contributed by atoms with Crippen LogP contribution in [0.5, 0.6) is 0 Å². The quantitative estimate of drug-likeness (QED) is 0.868. The summed E-state index contributed by atoms with van der Waals surface area (Å²) >= 11 is 6.15. The molecular weight excluding hydrogens is 329 g/mol. The fourth-order valence-corrected chi connectivity index (χ4v) is 2.19. The number of rotatable bonds is 6. The van der Waals surface area contributed by atoms with Gasteiger partial charge in [0.2, 0.25) is 0 Å². The summed E-state index contributed by atoms with van der Waals surface area (Å²) in [7, 11) is 0. The van der Waals surface area contributed by atoms with E-state index in [4.69, 9.17) is 17.3 Å². The molecule has 0 aliphatic heterocycles. The molecule has 21 heavy (non-hydrogen) atoms. The van der Waals surface area contributed by atoms with Crippen LogP contribution in [-0.2, 0) is 13.1 Å². The highest BCUT2D eigenvalue weighted by Gasteiger charge is 2.08. The van der Waals surface area contributed by atoms with Gasteiger partial charge in [0.25, 0.3) is 0 Å². The predicted molar refractivity (Wildman–Crippen MR) is 93.4 cm³/mol. The molecule has 0 aliphatic rings. The van der Waals surface area contributed by atoms with Gasteiger partial charge in [-0.05, 0) is 17.2 Å². The van der Waals surface area contributed by atoms with Gasteiger partial charge in [0, 0.05) is 38.6 Å². The van der Waals surface area contributed by atoms with E-state index in [1.165, 1.54) is 5.56 Å². The molecule has 1 heterocycles. The first-order valence-electron chi connectivity index (χ1n) is 6.34. The third-order valence-electron chi connectivity index (χ3n) is 2.94. The van der Waals surface area contributed by atoms with Gasteiger partial charge in [0.05, 0.1) is 5.02 Å². The summed E-state index contributed by atoms with van der Waals surface area (Å²) in [6.45, 7) is 3.13. The number of nitrogens with zero attached hydrogens (tertiary/aromatic N) is 2. The van der Waals surface area contributed by atoms with E-state index >= 15 is 0 Å². The molecule has 0 amide bonds.